The summed E-state index contributed by atoms with van der Waals surface area (Å²) in [5.41, 5.74) is -0.485. The van der Waals surface area contributed by atoms with Gasteiger partial charge in [-0.2, -0.15) is 0 Å². The normalized spacial score (nSPS) is 18.2. The van der Waals surface area contributed by atoms with Gasteiger partial charge in [0.1, 0.15) is 18.3 Å². The molecule has 2 rings (SSSR count). The summed E-state index contributed by atoms with van der Waals surface area (Å²) in [4.78, 5) is 11.6. The summed E-state index contributed by atoms with van der Waals surface area (Å²) in [5, 5.41) is 6.07. The number of rotatable bonds is 5. The minimum absolute atomic E-state index is 0.0473. The summed E-state index contributed by atoms with van der Waals surface area (Å²) in [6, 6.07) is 7.74. The molecule has 1 aromatic carbocycles. The van der Waals surface area contributed by atoms with E-state index in [4.69, 9.17) is 14.2 Å². The minimum atomic E-state index is -0.485. The van der Waals surface area contributed by atoms with Crippen molar-refractivity contribution in [1.82, 2.24) is 10.6 Å². The van der Waals surface area contributed by atoms with Crippen LogP contribution in [-0.4, -0.2) is 43.5 Å². The number of fused-ring (bicyclic) bond motifs is 1. The first-order valence-electron chi connectivity index (χ1n) is 7.92. The molecular formula is C17H26N2O4. The van der Waals surface area contributed by atoms with Gasteiger partial charge in [-0.15, -0.1) is 0 Å². The van der Waals surface area contributed by atoms with E-state index in [1.807, 2.05) is 52.0 Å². The molecule has 1 aromatic rings. The Kier molecular flexibility index (Phi) is 5.71. The second-order valence-corrected chi connectivity index (χ2v) is 6.69. The third-order valence-electron chi connectivity index (χ3n) is 3.21. The summed E-state index contributed by atoms with van der Waals surface area (Å²) >= 11 is 0. The van der Waals surface area contributed by atoms with Crippen LogP contribution in [0.2, 0.25) is 0 Å². The fourth-order valence-electron chi connectivity index (χ4n) is 2.12. The van der Waals surface area contributed by atoms with Crippen molar-refractivity contribution in [2.24, 2.45) is 0 Å². The third-order valence-corrected chi connectivity index (χ3v) is 3.21. The molecule has 0 bridgehead atoms. The highest BCUT2D eigenvalue weighted by molar-refractivity contribution is 5.67. The standard InChI is InChI=1S/C17H26N2O4/c1-12(9-19-16(20)23-17(2,3)4)18-10-13-11-21-14-7-5-6-8-15(14)22-13/h5-8,12-13,18H,9-11H2,1-4H3,(H,19,20). The minimum Gasteiger partial charge on any atom is -0.486 e. The van der Waals surface area contributed by atoms with Gasteiger partial charge in [-0.25, -0.2) is 4.79 Å². The molecule has 2 unspecified atom stereocenters. The van der Waals surface area contributed by atoms with E-state index in [9.17, 15) is 4.79 Å². The van der Waals surface area contributed by atoms with Crippen LogP contribution >= 0.6 is 0 Å². The molecule has 2 N–H and O–H groups in total. The van der Waals surface area contributed by atoms with Crippen molar-refractivity contribution in [2.45, 2.75) is 45.4 Å². The Labute approximate surface area is 137 Å². The molecular weight excluding hydrogens is 296 g/mol. The number of hydrogen-bond donors (Lipinski definition) is 2. The van der Waals surface area contributed by atoms with E-state index < -0.39 is 11.7 Å². The fourth-order valence-corrected chi connectivity index (χ4v) is 2.12. The number of benzene rings is 1. The first-order chi connectivity index (χ1) is 10.8. The van der Waals surface area contributed by atoms with Crippen molar-refractivity contribution < 1.29 is 19.0 Å². The number of alkyl carbamates (subject to hydrolysis) is 1. The number of carbonyl (C=O) groups is 1. The third kappa shape index (κ3) is 5.98. The number of ether oxygens (including phenoxy) is 3. The van der Waals surface area contributed by atoms with Gasteiger partial charge in [0, 0.05) is 19.1 Å². The Balaban J connectivity index is 1.67. The molecule has 1 amide bonds. The molecule has 1 aliphatic rings. The smallest absolute Gasteiger partial charge is 0.407 e. The Morgan fingerprint density at radius 1 is 1.35 bits per heavy atom. The predicted molar refractivity (Wildman–Crippen MR) is 88.1 cm³/mol. The van der Waals surface area contributed by atoms with E-state index in [0.717, 1.165) is 11.5 Å². The van der Waals surface area contributed by atoms with Gasteiger partial charge in [0.05, 0.1) is 0 Å². The molecule has 1 aliphatic heterocycles. The average Bonchev–Trinajstić information content (AvgIpc) is 2.49. The first-order valence-corrected chi connectivity index (χ1v) is 7.92. The lowest BCUT2D eigenvalue weighted by Gasteiger charge is -2.28. The number of para-hydroxylation sites is 2. The van der Waals surface area contributed by atoms with Crippen molar-refractivity contribution in [3.05, 3.63) is 24.3 Å². The SMILES string of the molecule is CC(CNC(=O)OC(C)(C)C)NCC1COc2ccccc2O1. The van der Waals surface area contributed by atoms with Crippen molar-refractivity contribution in [3.63, 3.8) is 0 Å². The molecule has 128 valence electrons. The summed E-state index contributed by atoms with van der Waals surface area (Å²) in [7, 11) is 0. The Morgan fingerprint density at radius 2 is 2.04 bits per heavy atom. The maximum Gasteiger partial charge on any atom is 0.407 e. The fraction of sp³-hybridized carbons (Fsp3) is 0.588. The zero-order valence-electron chi connectivity index (χ0n) is 14.2. The molecule has 0 spiro atoms. The van der Waals surface area contributed by atoms with Crippen LogP contribution in [0.25, 0.3) is 0 Å². The summed E-state index contributed by atoms with van der Waals surface area (Å²) in [6.45, 7) is 9.15. The molecule has 1 heterocycles. The molecule has 0 aromatic heterocycles. The number of nitrogens with one attached hydrogen (secondary N) is 2. The van der Waals surface area contributed by atoms with Crippen molar-refractivity contribution in [1.29, 1.82) is 0 Å². The first kappa shape index (κ1) is 17.4. The zero-order chi connectivity index (χ0) is 16.9. The van der Waals surface area contributed by atoms with Crippen LogP contribution in [0.5, 0.6) is 11.5 Å². The van der Waals surface area contributed by atoms with E-state index >= 15 is 0 Å². The molecule has 0 saturated heterocycles. The van der Waals surface area contributed by atoms with Gasteiger partial charge in [0.15, 0.2) is 11.5 Å². The second-order valence-electron chi connectivity index (χ2n) is 6.69. The molecule has 0 fully saturated rings. The Bertz CT molecular complexity index is 528. The van der Waals surface area contributed by atoms with Gasteiger partial charge in [-0.1, -0.05) is 12.1 Å². The van der Waals surface area contributed by atoms with Crippen molar-refractivity contribution in [3.8, 4) is 11.5 Å². The highest BCUT2D eigenvalue weighted by atomic mass is 16.6. The zero-order valence-corrected chi connectivity index (χ0v) is 14.2. The van der Waals surface area contributed by atoms with E-state index in [-0.39, 0.29) is 12.1 Å². The van der Waals surface area contributed by atoms with E-state index in [1.165, 1.54) is 0 Å². The lowest BCUT2D eigenvalue weighted by atomic mass is 10.2. The molecule has 0 aliphatic carbocycles. The van der Waals surface area contributed by atoms with Crippen LogP contribution in [-0.2, 0) is 4.74 Å². The van der Waals surface area contributed by atoms with Crippen LogP contribution in [0, 0.1) is 0 Å². The molecule has 23 heavy (non-hydrogen) atoms. The van der Waals surface area contributed by atoms with Crippen molar-refractivity contribution in [2.75, 3.05) is 19.7 Å². The predicted octanol–water partition coefficient (Wildman–Crippen LogP) is 2.33. The maximum atomic E-state index is 11.6. The molecule has 0 radical (unpaired) electrons. The lowest BCUT2D eigenvalue weighted by molar-refractivity contribution is 0.0520. The molecule has 0 saturated carbocycles. The monoisotopic (exact) mass is 322 g/mol. The molecule has 2 atom stereocenters. The van der Waals surface area contributed by atoms with Gasteiger partial charge in [-0.3, -0.25) is 0 Å². The van der Waals surface area contributed by atoms with E-state index in [1.54, 1.807) is 0 Å². The largest absolute Gasteiger partial charge is 0.486 e. The topological polar surface area (TPSA) is 68.8 Å². The summed E-state index contributed by atoms with van der Waals surface area (Å²) < 4.78 is 16.7. The highest BCUT2D eigenvalue weighted by Crippen LogP contribution is 2.30. The second kappa shape index (κ2) is 7.55. The van der Waals surface area contributed by atoms with Crippen LogP contribution < -0.4 is 20.1 Å². The molecule has 6 nitrogen and oxygen atoms in total. The van der Waals surface area contributed by atoms with Gasteiger partial charge in [0.2, 0.25) is 0 Å². The van der Waals surface area contributed by atoms with Gasteiger partial charge in [-0.05, 0) is 39.8 Å². The number of carbonyl (C=O) groups excluding carboxylic acids is 1. The van der Waals surface area contributed by atoms with Crippen LogP contribution in [0.4, 0.5) is 4.79 Å². The van der Waals surface area contributed by atoms with Gasteiger partial charge in [0.25, 0.3) is 0 Å². The molecule has 6 heteroatoms. The van der Waals surface area contributed by atoms with Crippen molar-refractivity contribution >= 4 is 6.09 Å². The van der Waals surface area contributed by atoms with Gasteiger partial charge >= 0.3 is 6.09 Å². The maximum absolute atomic E-state index is 11.6. The van der Waals surface area contributed by atoms with Gasteiger partial charge < -0.3 is 24.8 Å². The van der Waals surface area contributed by atoms with E-state index in [2.05, 4.69) is 10.6 Å². The van der Waals surface area contributed by atoms with Crippen LogP contribution in [0.3, 0.4) is 0 Å². The Hall–Kier alpha value is -1.95. The quantitative estimate of drug-likeness (QED) is 0.871. The average molecular weight is 322 g/mol. The lowest BCUT2D eigenvalue weighted by Crippen LogP contribution is -2.46. The highest BCUT2D eigenvalue weighted by Gasteiger charge is 2.21. The van der Waals surface area contributed by atoms with Crippen LogP contribution in [0.15, 0.2) is 24.3 Å². The van der Waals surface area contributed by atoms with E-state index in [0.29, 0.717) is 19.7 Å². The van der Waals surface area contributed by atoms with Crippen LogP contribution in [0.1, 0.15) is 27.7 Å². The Morgan fingerprint density at radius 3 is 2.74 bits per heavy atom. The summed E-state index contributed by atoms with van der Waals surface area (Å²) in [6.07, 6.45) is -0.453. The summed E-state index contributed by atoms with van der Waals surface area (Å²) in [5.74, 6) is 1.55. The number of hydrogen-bond acceptors (Lipinski definition) is 5. The number of amides is 1.